The minimum atomic E-state index is -0.592. The van der Waals surface area contributed by atoms with Gasteiger partial charge in [-0.1, -0.05) is 13.8 Å². The Morgan fingerprint density at radius 3 is 2.89 bits per heavy atom. The maximum absolute atomic E-state index is 12.6. The van der Waals surface area contributed by atoms with Crippen LogP contribution in [0.4, 0.5) is 0 Å². The van der Waals surface area contributed by atoms with Crippen molar-refractivity contribution in [1.29, 1.82) is 0 Å². The van der Waals surface area contributed by atoms with Crippen molar-refractivity contribution in [2.45, 2.75) is 32.4 Å². The maximum atomic E-state index is 12.6. The van der Waals surface area contributed by atoms with E-state index in [-0.39, 0.29) is 23.7 Å². The summed E-state index contributed by atoms with van der Waals surface area (Å²) >= 11 is 1.64. The van der Waals surface area contributed by atoms with Crippen molar-refractivity contribution < 1.29 is 18.7 Å². The van der Waals surface area contributed by atoms with Gasteiger partial charge in [0, 0.05) is 26.2 Å². The van der Waals surface area contributed by atoms with E-state index in [1.54, 1.807) is 23.9 Å². The Morgan fingerprint density at radius 2 is 2.22 bits per heavy atom. The zero-order valence-corrected chi connectivity index (χ0v) is 17.2. The highest BCUT2D eigenvalue weighted by Gasteiger charge is 2.25. The Hall–Kier alpha value is -1.51. The van der Waals surface area contributed by atoms with Gasteiger partial charge < -0.3 is 19.8 Å². The molecule has 1 aromatic rings. The SMILES string of the molecule is CSCC[C@H](NC(=O)c1ccco1)C(=O)NC[C@@H]1CN(CC(C)C)CCO1. The number of carbonyl (C=O) groups excluding carboxylic acids is 2. The molecule has 0 bridgehead atoms. The number of ether oxygens (including phenoxy) is 1. The standard InChI is InChI=1S/C19H31N3O4S/c1-14(2)12-22-7-9-25-15(13-22)11-20-18(23)16(6-10-27-3)21-19(24)17-5-4-8-26-17/h4-5,8,14-16H,6-7,9-13H2,1-3H3,(H,20,23)(H,21,24)/t15-,16+/m1/s1. The highest BCUT2D eigenvalue weighted by Crippen LogP contribution is 2.08. The first-order chi connectivity index (χ1) is 13.0. The van der Waals surface area contributed by atoms with Crippen molar-refractivity contribution in [3.8, 4) is 0 Å². The van der Waals surface area contributed by atoms with Crippen molar-refractivity contribution in [1.82, 2.24) is 15.5 Å². The van der Waals surface area contributed by atoms with Crippen molar-refractivity contribution in [3.05, 3.63) is 24.2 Å². The Kier molecular flexibility index (Phi) is 9.17. The molecule has 0 aliphatic carbocycles. The lowest BCUT2D eigenvalue weighted by Crippen LogP contribution is -2.52. The first-order valence-electron chi connectivity index (χ1n) is 9.44. The van der Waals surface area contributed by atoms with E-state index in [0.717, 1.165) is 25.4 Å². The van der Waals surface area contributed by atoms with Crippen LogP contribution < -0.4 is 10.6 Å². The monoisotopic (exact) mass is 397 g/mol. The molecular formula is C19H31N3O4S. The van der Waals surface area contributed by atoms with Crippen LogP contribution in [0.1, 0.15) is 30.8 Å². The highest BCUT2D eigenvalue weighted by molar-refractivity contribution is 7.98. The lowest BCUT2D eigenvalue weighted by atomic mass is 10.1. The third-order valence-corrected chi connectivity index (χ3v) is 4.97. The Bertz CT molecular complexity index is 580. The van der Waals surface area contributed by atoms with Gasteiger partial charge in [0.25, 0.3) is 5.91 Å². The van der Waals surface area contributed by atoms with Gasteiger partial charge in [-0.25, -0.2) is 0 Å². The number of hydrogen-bond acceptors (Lipinski definition) is 6. The molecule has 7 nitrogen and oxygen atoms in total. The van der Waals surface area contributed by atoms with Crippen molar-refractivity contribution >= 4 is 23.6 Å². The number of nitrogens with zero attached hydrogens (tertiary/aromatic N) is 1. The third kappa shape index (κ3) is 7.56. The fourth-order valence-corrected chi connectivity index (χ4v) is 3.54. The molecule has 1 saturated heterocycles. The number of hydrogen-bond donors (Lipinski definition) is 2. The van der Waals surface area contributed by atoms with Crippen LogP contribution in [0.25, 0.3) is 0 Å². The van der Waals surface area contributed by atoms with Gasteiger partial charge in [0.2, 0.25) is 5.91 Å². The maximum Gasteiger partial charge on any atom is 0.287 e. The topological polar surface area (TPSA) is 83.8 Å². The van der Waals surface area contributed by atoms with Crippen LogP contribution >= 0.6 is 11.8 Å². The van der Waals surface area contributed by atoms with Crippen LogP contribution in [0.5, 0.6) is 0 Å². The molecule has 152 valence electrons. The lowest BCUT2D eigenvalue weighted by molar-refractivity contribution is -0.124. The van der Waals surface area contributed by atoms with Crippen LogP contribution in [0, 0.1) is 5.92 Å². The fourth-order valence-electron chi connectivity index (χ4n) is 3.07. The van der Waals surface area contributed by atoms with Gasteiger partial charge in [0.15, 0.2) is 5.76 Å². The summed E-state index contributed by atoms with van der Waals surface area (Å²) in [7, 11) is 0. The Morgan fingerprint density at radius 1 is 1.41 bits per heavy atom. The molecular weight excluding hydrogens is 366 g/mol. The minimum absolute atomic E-state index is 0.0246. The summed E-state index contributed by atoms with van der Waals surface area (Å²) < 4.78 is 10.9. The fraction of sp³-hybridized carbons (Fsp3) is 0.684. The number of morpholine rings is 1. The molecule has 2 amide bonds. The molecule has 2 rings (SSSR count). The van der Waals surface area contributed by atoms with E-state index in [2.05, 4.69) is 29.4 Å². The van der Waals surface area contributed by atoms with Crippen LogP contribution in [0.3, 0.4) is 0 Å². The van der Waals surface area contributed by atoms with Crippen molar-refractivity contribution in [3.63, 3.8) is 0 Å². The van der Waals surface area contributed by atoms with E-state index in [4.69, 9.17) is 9.15 Å². The normalized spacial score (nSPS) is 19.0. The molecule has 0 aromatic carbocycles. The smallest absolute Gasteiger partial charge is 0.287 e. The van der Waals surface area contributed by atoms with Crippen molar-refractivity contribution in [2.24, 2.45) is 5.92 Å². The number of amides is 2. The van der Waals surface area contributed by atoms with Gasteiger partial charge in [0.05, 0.1) is 19.0 Å². The average Bonchev–Trinajstić information content (AvgIpc) is 3.17. The molecule has 2 N–H and O–H groups in total. The van der Waals surface area contributed by atoms with E-state index in [9.17, 15) is 9.59 Å². The number of rotatable bonds is 10. The Balaban J connectivity index is 1.84. The molecule has 0 saturated carbocycles. The molecule has 2 atom stereocenters. The van der Waals surface area contributed by atoms with Crippen molar-refractivity contribution in [2.75, 3.05) is 44.8 Å². The van der Waals surface area contributed by atoms with Crippen LogP contribution in [-0.4, -0.2) is 73.7 Å². The highest BCUT2D eigenvalue weighted by atomic mass is 32.2. The molecule has 27 heavy (non-hydrogen) atoms. The number of furan rings is 1. The summed E-state index contributed by atoms with van der Waals surface area (Å²) in [5, 5.41) is 5.71. The third-order valence-electron chi connectivity index (χ3n) is 4.33. The molecule has 1 aliphatic heterocycles. The number of carbonyl (C=O) groups is 2. The van der Waals surface area contributed by atoms with E-state index in [1.807, 2.05) is 6.26 Å². The van der Waals surface area contributed by atoms with Gasteiger partial charge in [-0.3, -0.25) is 14.5 Å². The van der Waals surface area contributed by atoms with Gasteiger partial charge >= 0.3 is 0 Å². The van der Waals surface area contributed by atoms with E-state index >= 15 is 0 Å². The minimum Gasteiger partial charge on any atom is -0.459 e. The molecule has 8 heteroatoms. The second-order valence-electron chi connectivity index (χ2n) is 7.18. The zero-order valence-electron chi connectivity index (χ0n) is 16.4. The van der Waals surface area contributed by atoms with Gasteiger partial charge in [0.1, 0.15) is 6.04 Å². The second kappa shape index (κ2) is 11.4. The first kappa shape index (κ1) is 21.8. The molecule has 2 heterocycles. The molecule has 0 spiro atoms. The van der Waals surface area contributed by atoms with Crippen LogP contribution in [-0.2, 0) is 9.53 Å². The average molecular weight is 398 g/mol. The predicted molar refractivity (Wildman–Crippen MR) is 107 cm³/mol. The molecule has 1 aromatic heterocycles. The van der Waals surface area contributed by atoms with Gasteiger partial charge in [-0.2, -0.15) is 11.8 Å². The summed E-state index contributed by atoms with van der Waals surface area (Å²) in [6.07, 6.45) is 3.95. The summed E-state index contributed by atoms with van der Waals surface area (Å²) in [5.41, 5.74) is 0. The summed E-state index contributed by atoms with van der Waals surface area (Å²) in [4.78, 5) is 27.2. The Labute approximate surface area is 165 Å². The first-order valence-corrected chi connectivity index (χ1v) is 10.8. The van der Waals surface area contributed by atoms with Crippen LogP contribution in [0.15, 0.2) is 22.8 Å². The quantitative estimate of drug-likeness (QED) is 0.624. The predicted octanol–water partition coefficient (Wildman–Crippen LogP) is 1.60. The zero-order chi connectivity index (χ0) is 19.6. The summed E-state index contributed by atoms with van der Waals surface area (Å²) in [6.45, 7) is 8.29. The van der Waals surface area contributed by atoms with Gasteiger partial charge in [-0.05, 0) is 36.5 Å². The summed E-state index contributed by atoms with van der Waals surface area (Å²) in [6, 6.07) is 2.64. The number of thioether (sulfide) groups is 1. The molecule has 1 fully saturated rings. The second-order valence-corrected chi connectivity index (χ2v) is 8.16. The number of nitrogens with one attached hydrogen (secondary N) is 2. The molecule has 0 unspecified atom stereocenters. The molecule has 1 aliphatic rings. The molecule has 0 radical (unpaired) electrons. The lowest BCUT2D eigenvalue weighted by Gasteiger charge is -2.34. The van der Waals surface area contributed by atoms with Gasteiger partial charge in [-0.15, -0.1) is 0 Å². The summed E-state index contributed by atoms with van der Waals surface area (Å²) in [5.74, 6) is 1.02. The van der Waals surface area contributed by atoms with Crippen LogP contribution in [0.2, 0.25) is 0 Å². The largest absolute Gasteiger partial charge is 0.459 e. The van der Waals surface area contributed by atoms with E-state index in [0.29, 0.717) is 25.5 Å². The van der Waals surface area contributed by atoms with E-state index in [1.165, 1.54) is 6.26 Å². The van der Waals surface area contributed by atoms with E-state index < -0.39 is 6.04 Å².